The number of halogens is 1. The molecule has 1 atom stereocenters. The summed E-state index contributed by atoms with van der Waals surface area (Å²) < 4.78 is 1.10. The highest BCUT2D eigenvalue weighted by Gasteiger charge is 2.02. The highest BCUT2D eigenvalue weighted by molar-refractivity contribution is 9.10. The van der Waals surface area contributed by atoms with Gasteiger partial charge in [-0.05, 0) is 35.9 Å². The van der Waals surface area contributed by atoms with Crippen LogP contribution in [-0.4, -0.2) is 6.17 Å². The minimum atomic E-state index is -0.0683. The first-order valence-electron chi connectivity index (χ1n) is 4.17. The van der Waals surface area contributed by atoms with Gasteiger partial charge in [0.1, 0.15) is 0 Å². The lowest BCUT2D eigenvalue weighted by molar-refractivity contribution is 0.789. The molecule has 0 amide bonds. The Balaban J connectivity index is 2.80. The fraction of sp³-hybridized carbons (Fsp3) is 0.200. The van der Waals surface area contributed by atoms with Crippen LogP contribution in [0.5, 0.6) is 0 Å². The minimum absolute atomic E-state index is 0.0683. The molecule has 0 spiro atoms. The molecule has 0 aliphatic carbocycles. The second-order valence-corrected chi connectivity index (χ2v) is 4.14. The fourth-order valence-electron chi connectivity index (χ4n) is 1.54. The van der Waals surface area contributed by atoms with Crippen molar-refractivity contribution in [3.63, 3.8) is 0 Å². The van der Waals surface area contributed by atoms with Crippen molar-refractivity contribution >= 4 is 28.2 Å². The molecule has 2 rings (SSSR count). The SMILES string of the molecule is Cc1cc(Br)cc2c1=CNC(N)C=2. The van der Waals surface area contributed by atoms with Crippen LogP contribution in [0.4, 0.5) is 0 Å². The quantitative estimate of drug-likeness (QED) is 0.677. The summed E-state index contributed by atoms with van der Waals surface area (Å²) >= 11 is 3.47. The van der Waals surface area contributed by atoms with Crippen molar-refractivity contribution in [1.29, 1.82) is 0 Å². The Morgan fingerprint density at radius 1 is 1.46 bits per heavy atom. The zero-order valence-corrected chi connectivity index (χ0v) is 8.93. The molecule has 1 aliphatic heterocycles. The number of nitrogens with two attached hydrogens (primary N) is 1. The maximum absolute atomic E-state index is 5.74. The third kappa shape index (κ3) is 1.62. The molecule has 0 saturated carbocycles. The van der Waals surface area contributed by atoms with Crippen LogP contribution in [0.25, 0.3) is 12.3 Å². The van der Waals surface area contributed by atoms with Gasteiger partial charge >= 0.3 is 0 Å². The number of benzene rings is 1. The van der Waals surface area contributed by atoms with Crippen molar-refractivity contribution in [2.75, 3.05) is 0 Å². The van der Waals surface area contributed by atoms with Crippen LogP contribution in [0.15, 0.2) is 16.6 Å². The lowest BCUT2D eigenvalue weighted by atomic mass is 10.1. The number of hydrogen-bond donors (Lipinski definition) is 2. The van der Waals surface area contributed by atoms with E-state index < -0.39 is 0 Å². The van der Waals surface area contributed by atoms with Gasteiger partial charge in [-0.3, -0.25) is 0 Å². The lowest BCUT2D eigenvalue weighted by Gasteiger charge is -2.12. The Hall–Kier alpha value is -0.800. The third-order valence-electron chi connectivity index (χ3n) is 2.16. The molecule has 0 radical (unpaired) electrons. The lowest BCUT2D eigenvalue weighted by Crippen LogP contribution is -2.43. The summed E-state index contributed by atoms with van der Waals surface area (Å²) in [6.45, 7) is 2.09. The number of hydrogen-bond acceptors (Lipinski definition) is 2. The first-order chi connectivity index (χ1) is 6.16. The number of rotatable bonds is 0. The van der Waals surface area contributed by atoms with Crippen LogP contribution in [0.2, 0.25) is 0 Å². The van der Waals surface area contributed by atoms with Gasteiger partial charge in [0, 0.05) is 15.9 Å². The molecule has 2 nitrogen and oxygen atoms in total. The zero-order valence-electron chi connectivity index (χ0n) is 7.34. The minimum Gasteiger partial charge on any atom is -0.372 e. The van der Waals surface area contributed by atoms with Crippen molar-refractivity contribution in [3.8, 4) is 0 Å². The molecule has 1 aromatic rings. The van der Waals surface area contributed by atoms with Crippen LogP contribution >= 0.6 is 15.9 Å². The van der Waals surface area contributed by atoms with E-state index in [0.29, 0.717) is 0 Å². The summed E-state index contributed by atoms with van der Waals surface area (Å²) in [5, 5.41) is 5.50. The average Bonchev–Trinajstić information content (AvgIpc) is 2.02. The molecule has 13 heavy (non-hydrogen) atoms. The van der Waals surface area contributed by atoms with Crippen molar-refractivity contribution in [2.24, 2.45) is 5.73 Å². The summed E-state index contributed by atoms with van der Waals surface area (Å²) in [6, 6.07) is 4.18. The number of fused-ring (bicyclic) bond motifs is 1. The summed E-state index contributed by atoms with van der Waals surface area (Å²) in [4.78, 5) is 0. The van der Waals surface area contributed by atoms with Gasteiger partial charge < -0.3 is 11.1 Å². The van der Waals surface area contributed by atoms with Crippen molar-refractivity contribution < 1.29 is 0 Å². The summed E-state index contributed by atoms with van der Waals surface area (Å²) in [7, 11) is 0. The summed E-state index contributed by atoms with van der Waals surface area (Å²) in [6.07, 6.45) is 3.93. The van der Waals surface area contributed by atoms with Gasteiger partial charge in [0.25, 0.3) is 0 Å². The van der Waals surface area contributed by atoms with E-state index in [9.17, 15) is 0 Å². The monoisotopic (exact) mass is 238 g/mol. The molecule has 1 unspecified atom stereocenters. The van der Waals surface area contributed by atoms with E-state index in [1.165, 1.54) is 16.0 Å². The van der Waals surface area contributed by atoms with Crippen molar-refractivity contribution in [2.45, 2.75) is 13.1 Å². The Morgan fingerprint density at radius 2 is 2.23 bits per heavy atom. The molecule has 68 valence electrons. The Morgan fingerprint density at radius 3 is 3.00 bits per heavy atom. The van der Waals surface area contributed by atoms with Crippen LogP contribution in [0.3, 0.4) is 0 Å². The van der Waals surface area contributed by atoms with E-state index in [1.807, 2.05) is 12.3 Å². The predicted molar refractivity (Wildman–Crippen MR) is 58.2 cm³/mol. The van der Waals surface area contributed by atoms with Gasteiger partial charge in [0.2, 0.25) is 0 Å². The van der Waals surface area contributed by atoms with Crippen LogP contribution in [0, 0.1) is 6.92 Å². The van der Waals surface area contributed by atoms with Crippen LogP contribution < -0.4 is 21.5 Å². The van der Waals surface area contributed by atoms with Crippen molar-refractivity contribution in [3.05, 3.63) is 32.6 Å². The molecule has 1 aliphatic rings. The molecule has 0 bridgehead atoms. The van der Waals surface area contributed by atoms with Crippen LogP contribution in [0.1, 0.15) is 5.56 Å². The van der Waals surface area contributed by atoms with E-state index >= 15 is 0 Å². The van der Waals surface area contributed by atoms with Gasteiger partial charge in [0.05, 0.1) is 6.17 Å². The molecular formula is C10H11BrN2. The van der Waals surface area contributed by atoms with Gasteiger partial charge in [0.15, 0.2) is 0 Å². The highest BCUT2D eigenvalue weighted by atomic mass is 79.9. The summed E-state index contributed by atoms with van der Waals surface area (Å²) in [5.41, 5.74) is 6.99. The third-order valence-corrected chi connectivity index (χ3v) is 2.62. The Labute approximate surface area is 85.3 Å². The molecule has 3 N–H and O–H groups in total. The maximum atomic E-state index is 5.74. The van der Waals surface area contributed by atoms with Gasteiger partial charge in [-0.1, -0.05) is 15.9 Å². The topological polar surface area (TPSA) is 38.0 Å². The predicted octanol–water partition coefficient (Wildman–Crippen LogP) is 0.164. The normalized spacial score (nSPS) is 19.5. The molecule has 3 heteroatoms. The van der Waals surface area contributed by atoms with Crippen LogP contribution in [-0.2, 0) is 0 Å². The average molecular weight is 239 g/mol. The standard InChI is InChI=1S/C10H11BrN2/c1-6-2-8(11)3-7-4-10(12)13-5-9(6)7/h2-5,10,13H,12H2,1H3. The first-order valence-corrected chi connectivity index (χ1v) is 4.96. The van der Waals surface area contributed by atoms with E-state index in [4.69, 9.17) is 5.73 Å². The smallest absolute Gasteiger partial charge is 0.0940 e. The second kappa shape index (κ2) is 3.16. The highest BCUT2D eigenvalue weighted by Crippen LogP contribution is 2.05. The first kappa shape index (κ1) is 8.78. The number of aryl methyl sites for hydroxylation is 1. The summed E-state index contributed by atoms with van der Waals surface area (Å²) in [5.74, 6) is 0. The fourth-order valence-corrected chi connectivity index (χ4v) is 2.13. The largest absolute Gasteiger partial charge is 0.372 e. The van der Waals surface area contributed by atoms with Gasteiger partial charge in [-0.15, -0.1) is 0 Å². The molecule has 0 saturated heterocycles. The number of nitrogens with one attached hydrogen (secondary N) is 1. The second-order valence-electron chi connectivity index (χ2n) is 3.23. The molecule has 0 aromatic heterocycles. The van der Waals surface area contributed by atoms with Crippen molar-refractivity contribution in [1.82, 2.24) is 5.32 Å². The molecule has 1 heterocycles. The van der Waals surface area contributed by atoms with E-state index in [-0.39, 0.29) is 6.17 Å². The maximum Gasteiger partial charge on any atom is 0.0940 e. The zero-order chi connectivity index (χ0) is 9.42. The molecule has 1 aromatic carbocycles. The van der Waals surface area contributed by atoms with Gasteiger partial charge in [-0.25, -0.2) is 0 Å². The van der Waals surface area contributed by atoms with E-state index in [1.54, 1.807) is 0 Å². The van der Waals surface area contributed by atoms with Gasteiger partial charge in [-0.2, -0.15) is 0 Å². The van der Waals surface area contributed by atoms with E-state index in [0.717, 1.165) is 4.47 Å². The Kier molecular flexibility index (Phi) is 2.14. The van der Waals surface area contributed by atoms with E-state index in [2.05, 4.69) is 40.3 Å². The molecule has 0 fully saturated rings. The Bertz CT molecular complexity index is 451. The molecular weight excluding hydrogens is 228 g/mol.